The normalized spacial score (nSPS) is 21.2. The molecule has 0 saturated carbocycles. The first-order chi connectivity index (χ1) is 8.40. The Hall–Kier alpha value is -1.00. The minimum Gasteiger partial charge on any atom is -0.323 e. The minimum absolute atomic E-state index is 0.149. The molecule has 2 nitrogen and oxygen atoms in total. The molecule has 2 rings (SSSR count). The number of hydrogen-bond acceptors (Lipinski definition) is 2. The van der Waals surface area contributed by atoms with E-state index >= 15 is 0 Å². The van der Waals surface area contributed by atoms with Gasteiger partial charge < -0.3 is 5.73 Å². The molecule has 100 valence electrons. The van der Waals surface area contributed by atoms with Gasteiger partial charge in [0, 0.05) is 18.1 Å². The quantitative estimate of drug-likeness (QED) is 0.898. The van der Waals surface area contributed by atoms with Crippen LogP contribution in [0.1, 0.15) is 38.3 Å². The molecule has 0 aliphatic carbocycles. The second kappa shape index (κ2) is 4.94. The maximum absolute atomic E-state index is 13.2. The summed E-state index contributed by atoms with van der Waals surface area (Å²) in [5.74, 6) is -1.66. The van der Waals surface area contributed by atoms with Gasteiger partial charge in [-0.25, -0.2) is 8.78 Å². The molecular formula is C14H20F2N2. The lowest BCUT2D eigenvalue weighted by Crippen LogP contribution is -2.42. The summed E-state index contributed by atoms with van der Waals surface area (Å²) in [6.07, 6.45) is 2.31. The minimum atomic E-state index is -0.830. The molecule has 0 amide bonds. The van der Waals surface area contributed by atoms with E-state index in [0.717, 1.165) is 25.5 Å². The van der Waals surface area contributed by atoms with Crippen molar-refractivity contribution in [2.75, 3.05) is 13.1 Å². The number of likely N-dealkylation sites (tertiary alicyclic amines) is 1. The number of benzene rings is 1. The topological polar surface area (TPSA) is 29.3 Å². The molecule has 0 radical (unpaired) electrons. The van der Waals surface area contributed by atoms with Gasteiger partial charge in [-0.05, 0) is 50.9 Å². The molecule has 1 atom stereocenters. The predicted molar refractivity (Wildman–Crippen MR) is 68.2 cm³/mol. The zero-order chi connectivity index (χ0) is 13.3. The van der Waals surface area contributed by atoms with Gasteiger partial charge in [-0.1, -0.05) is 6.07 Å². The molecule has 1 aromatic rings. The van der Waals surface area contributed by atoms with Crippen LogP contribution >= 0.6 is 0 Å². The first-order valence-electron chi connectivity index (χ1n) is 6.36. The van der Waals surface area contributed by atoms with Gasteiger partial charge in [-0.15, -0.1) is 0 Å². The maximum atomic E-state index is 13.2. The highest BCUT2D eigenvalue weighted by atomic mass is 19.2. The van der Waals surface area contributed by atoms with E-state index in [9.17, 15) is 8.78 Å². The molecule has 1 heterocycles. The average molecular weight is 254 g/mol. The first kappa shape index (κ1) is 13.4. The maximum Gasteiger partial charge on any atom is 0.159 e. The van der Waals surface area contributed by atoms with Crippen LogP contribution in [0.4, 0.5) is 8.78 Å². The highest BCUT2D eigenvalue weighted by Gasteiger charge is 2.32. The third-order valence-electron chi connectivity index (χ3n) is 3.86. The summed E-state index contributed by atoms with van der Waals surface area (Å²) >= 11 is 0. The first-order valence-corrected chi connectivity index (χ1v) is 6.36. The SMILES string of the molecule is CC1(C)CCCN1CC(N)c1ccc(F)c(F)c1. The van der Waals surface area contributed by atoms with E-state index in [1.165, 1.54) is 6.07 Å². The van der Waals surface area contributed by atoms with Gasteiger partial charge in [0.05, 0.1) is 0 Å². The summed E-state index contributed by atoms with van der Waals surface area (Å²) in [5, 5.41) is 0. The van der Waals surface area contributed by atoms with E-state index in [1.54, 1.807) is 6.07 Å². The highest BCUT2D eigenvalue weighted by molar-refractivity contribution is 5.21. The second-order valence-electron chi connectivity index (χ2n) is 5.64. The highest BCUT2D eigenvalue weighted by Crippen LogP contribution is 2.29. The van der Waals surface area contributed by atoms with Crippen LogP contribution in [0.2, 0.25) is 0 Å². The lowest BCUT2D eigenvalue weighted by Gasteiger charge is -2.33. The second-order valence-corrected chi connectivity index (χ2v) is 5.64. The molecule has 1 aromatic carbocycles. The van der Waals surface area contributed by atoms with Crippen LogP contribution in [-0.4, -0.2) is 23.5 Å². The summed E-state index contributed by atoms with van der Waals surface area (Å²) in [6.45, 7) is 6.08. The van der Waals surface area contributed by atoms with Gasteiger partial charge >= 0.3 is 0 Å². The molecule has 2 N–H and O–H groups in total. The van der Waals surface area contributed by atoms with Crippen molar-refractivity contribution in [3.8, 4) is 0 Å². The van der Waals surface area contributed by atoms with Gasteiger partial charge in [0.1, 0.15) is 0 Å². The lowest BCUT2D eigenvalue weighted by atomic mass is 10.0. The van der Waals surface area contributed by atoms with Crippen molar-refractivity contribution in [3.63, 3.8) is 0 Å². The molecule has 1 aliphatic heterocycles. The Balaban J connectivity index is 2.07. The van der Waals surface area contributed by atoms with Crippen molar-refractivity contribution < 1.29 is 8.78 Å². The number of hydrogen-bond donors (Lipinski definition) is 1. The fraction of sp³-hybridized carbons (Fsp3) is 0.571. The van der Waals surface area contributed by atoms with Gasteiger partial charge in [-0.2, -0.15) is 0 Å². The van der Waals surface area contributed by atoms with Crippen LogP contribution in [0.5, 0.6) is 0 Å². The summed E-state index contributed by atoms with van der Waals surface area (Å²) in [5.41, 5.74) is 6.88. The largest absolute Gasteiger partial charge is 0.323 e. The Morgan fingerprint density at radius 2 is 2.06 bits per heavy atom. The molecule has 1 fully saturated rings. The Bertz CT molecular complexity index is 432. The third kappa shape index (κ3) is 2.70. The summed E-state index contributed by atoms with van der Waals surface area (Å²) in [6, 6.07) is 3.62. The van der Waals surface area contributed by atoms with Crippen LogP contribution in [0, 0.1) is 11.6 Å². The van der Waals surface area contributed by atoms with E-state index in [1.807, 2.05) is 0 Å². The Labute approximate surface area is 107 Å². The van der Waals surface area contributed by atoms with Gasteiger partial charge in [0.15, 0.2) is 11.6 Å². The lowest BCUT2D eigenvalue weighted by molar-refractivity contribution is 0.165. The molecule has 1 saturated heterocycles. The monoisotopic (exact) mass is 254 g/mol. The third-order valence-corrected chi connectivity index (χ3v) is 3.86. The summed E-state index contributed by atoms with van der Waals surface area (Å²) in [7, 11) is 0. The average Bonchev–Trinajstić information content (AvgIpc) is 2.62. The van der Waals surface area contributed by atoms with E-state index in [2.05, 4.69) is 18.7 Å². The standard InChI is InChI=1S/C14H20F2N2/c1-14(2)6-3-7-18(14)9-13(17)10-4-5-11(15)12(16)8-10/h4-5,8,13H,3,6-7,9,17H2,1-2H3. The number of rotatable bonds is 3. The Kier molecular flexibility index (Phi) is 3.69. The van der Waals surface area contributed by atoms with Gasteiger partial charge in [-0.3, -0.25) is 4.90 Å². The van der Waals surface area contributed by atoms with Crippen LogP contribution in [0.3, 0.4) is 0 Å². The van der Waals surface area contributed by atoms with Crippen LogP contribution in [0.25, 0.3) is 0 Å². The fourth-order valence-electron chi connectivity index (χ4n) is 2.59. The van der Waals surface area contributed by atoms with Gasteiger partial charge in [0.2, 0.25) is 0 Å². The van der Waals surface area contributed by atoms with Crippen LogP contribution in [0.15, 0.2) is 18.2 Å². The molecular weight excluding hydrogens is 234 g/mol. The molecule has 1 aliphatic rings. The number of halogens is 2. The molecule has 0 bridgehead atoms. The smallest absolute Gasteiger partial charge is 0.159 e. The summed E-state index contributed by atoms with van der Waals surface area (Å²) < 4.78 is 26.0. The van der Waals surface area contributed by atoms with Gasteiger partial charge in [0.25, 0.3) is 0 Å². The van der Waals surface area contributed by atoms with E-state index in [4.69, 9.17) is 5.73 Å². The van der Waals surface area contributed by atoms with Crippen molar-refractivity contribution in [3.05, 3.63) is 35.4 Å². The van der Waals surface area contributed by atoms with Crippen molar-refractivity contribution in [2.24, 2.45) is 5.73 Å². The molecule has 0 aromatic heterocycles. The van der Waals surface area contributed by atoms with Crippen LogP contribution < -0.4 is 5.73 Å². The Morgan fingerprint density at radius 1 is 1.33 bits per heavy atom. The van der Waals surface area contributed by atoms with Crippen molar-refractivity contribution in [1.29, 1.82) is 0 Å². The predicted octanol–water partition coefficient (Wildman–Crippen LogP) is 2.84. The van der Waals surface area contributed by atoms with E-state index in [0.29, 0.717) is 12.1 Å². The van der Waals surface area contributed by atoms with Crippen molar-refractivity contribution >= 4 is 0 Å². The molecule has 4 heteroatoms. The van der Waals surface area contributed by atoms with E-state index in [-0.39, 0.29) is 11.6 Å². The van der Waals surface area contributed by atoms with E-state index < -0.39 is 11.6 Å². The molecule has 1 unspecified atom stereocenters. The zero-order valence-electron chi connectivity index (χ0n) is 10.9. The van der Waals surface area contributed by atoms with Crippen molar-refractivity contribution in [2.45, 2.75) is 38.3 Å². The Morgan fingerprint density at radius 3 is 2.61 bits per heavy atom. The summed E-state index contributed by atoms with van der Waals surface area (Å²) in [4.78, 5) is 2.32. The van der Waals surface area contributed by atoms with Crippen molar-refractivity contribution in [1.82, 2.24) is 4.90 Å². The molecule has 0 spiro atoms. The van der Waals surface area contributed by atoms with Crippen LogP contribution in [-0.2, 0) is 0 Å². The number of nitrogens with zero attached hydrogens (tertiary/aromatic N) is 1. The number of nitrogens with two attached hydrogens (primary N) is 1. The fourth-order valence-corrected chi connectivity index (χ4v) is 2.59. The zero-order valence-corrected chi connectivity index (χ0v) is 10.9. The molecule has 18 heavy (non-hydrogen) atoms.